The average molecular weight is 225 g/mol. The summed E-state index contributed by atoms with van der Waals surface area (Å²) in [5.41, 5.74) is 0. The van der Waals surface area contributed by atoms with E-state index in [2.05, 4.69) is 5.32 Å². The van der Waals surface area contributed by atoms with Crippen molar-refractivity contribution >= 4 is 11.9 Å². The van der Waals surface area contributed by atoms with Crippen LogP contribution >= 0.6 is 0 Å². The van der Waals surface area contributed by atoms with E-state index < -0.39 is 11.9 Å². The smallest absolute Gasteiger partial charge is 0.310 e. The first kappa shape index (κ1) is 12.7. The van der Waals surface area contributed by atoms with Gasteiger partial charge in [-0.2, -0.15) is 0 Å². The molecule has 0 bridgehead atoms. The lowest BCUT2D eigenvalue weighted by Crippen LogP contribution is -2.37. The molecule has 0 radical (unpaired) electrons. The highest BCUT2D eigenvalue weighted by Gasteiger charge is 2.26. The van der Waals surface area contributed by atoms with E-state index in [1.54, 1.807) is 12.2 Å². The molecule has 2 atom stereocenters. The van der Waals surface area contributed by atoms with Gasteiger partial charge in [0.05, 0.1) is 5.92 Å². The molecule has 0 saturated heterocycles. The second-order valence-corrected chi connectivity index (χ2v) is 4.19. The summed E-state index contributed by atoms with van der Waals surface area (Å²) in [7, 11) is 0. The fraction of sp³-hybridized carbons (Fsp3) is 0.667. The monoisotopic (exact) mass is 225 g/mol. The number of nitrogens with one attached hydrogen (secondary N) is 1. The van der Waals surface area contributed by atoms with Crippen LogP contribution in [-0.2, 0) is 9.59 Å². The zero-order valence-corrected chi connectivity index (χ0v) is 9.77. The van der Waals surface area contributed by atoms with E-state index in [1.165, 1.54) is 0 Å². The maximum Gasteiger partial charge on any atom is 0.310 e. The first-order valence-corrected chi connectivity index (χ1v) is 5.80. The molecule has 16 heavy (non-hydrogen) atoms. The van der Waals surface area contributed by atoms with Gasteiger partial charge >= 0.3 is 5.97 Å². The number of carboxylic acid groups (broad SMARTS) is 1. The molecule has 1 aliphatic carbocycles. The SMILES string of the molecule is CCC(CC)C(=O)NC1C=CC(C(=O)O)C1. The van der Waals surface area contributed by atoms with E-state index >= 15 is 0 Å². The Labute approximate surface area is 95.7 Å². The van der Waals surface area contributed by atoms with E-state index in [4.69, 9.17) is 5.11 Å². The van der Waals surface area contributed by atoms with E-state index in [1.807, 2.05) is 13.8 Å². The number of hydrogen-bond donors (Lipinski definition) is 2. The Balaban J connectivity index is 2.43. The van der Waals surface area contributed by atoms with Gasteiger partial charge < -0.3 is 10.4 Å². The van der Waals surface area contributed by atoms with Crippen molar-refractivity contribution in [3.63, 3.8) is 0 Å². The number of carbonyl (C=O) groups excluding carboxylic acids is 1. The van der Waals surface area contributed by atoms with Crippen LogP contribution in [0, 0.1) is 11.8 Å². The molecule has 4 nitrogen and oxygen atoms in total. The lowest BCUT2D eigenvalue weighted by Gasteiger charge is -2.17. The molecule has 0 fully saturated rings. The largest absolute Gasteiger partial charge is 0.481 e. The zero-order chi connectivity index (χ0) is 12.1. The maximum atomic E-state index is 11.7. The van der Waals surface area contributed by atoms with Gasteiger partial charge in [-0.3, -0.25) is 9.59 Å². The lowest BCUT2D eigenvalue weighted by molar-refractivity contribution is -0.140. The van der Waals surface area contributed by atoms with Crippen molar-refractivity contribution in [3.8, 4) is 0 Å². The molecule has 4 heteroatoms. The quantitative estimate of drug-likeness (QED) is 0.698. The predicted octanol–water partition coefficient (Wildman–Crippen LogP) is 1.57. The van der Waals surface area contributed by atoms with Crippen LogP contribution in [0.3, 0.4) is 0 Å². The van der Waals surface area contributed by atoms with Crippen molar-refractivity contribution in [2.24, 2.45) is 11.8 Å². The third kappa shape index (κ3) is 3.08. The highest BCUT2D eigenvalue weighted by molar-refractivity contribution is 5.79. The Bertz CT molecular complexity index is 295. The first-order valence-electron chi connectivity index (χ1n) is 5.80. The molecule has 2 N–H and O–H groups in total. The Morgan fingerprint density at radius 1 is 1.38 bits per heavy atom. The zero-order valence-electron chi connectivity index (χ0n) is 9.77. The van der Waals surface area contributed by atoms with Crippen LogP contribution in [0.4, 0.5) is 0 Å². The molecular weight excluding hydrogens is 206 g/mol. The number of carboxylic acids is 1. The topological polar surface area (TPSA) is 66.4 Å². The van der Waals surface area contributed by atoms with E-state index in [0.29, 0.717) is 6.42 Å². The third-order valence-electron chi connectivity index (χ3n) is 3.08. The van der Waals surface area contributed by atoms with Crippen molar-refractivity contribution in [2.45, 2.75) is 39.2 Å². The molecular formula is C12H19NO3. The van der Waals surface area contributed by atoms with E-state index in [9.17, 15) is 9.59 Å². The second kappa shape index (κ2) is 5.68. The standard InChI is InChI=1S/C12H19NO3/c1-3-8(4-2)11(14)13-10-6-5-9(7-10)12(15)16/h5-6,8-10H,3-4,7H2,1-2H3,(H,13,14)(H,15,16). The van der Waals surface area contributed by atoms with Gasteiger partial charge in [0.25, 0.3) is 0 Å². The third-order valence-corrected chi connectivity index (χ3v) is 3.08. The minimum atomic E-state index is -0.824. The molecule has 0 aromatic heterocycles. The molecule has 0 aromatic carbocycles. The van der Waals surface area contributed by atoms with Crippen LogP contribution in [0.15, 0.2) is 12.2 Å². The van der Waals surface area contributed by atoms with Crippen molar-refractivity contribution < 1.29 is 14.7 Å². The minimum Gasteiger partial charge on any atom is -0.481 e. The van der Waals surface area contributed by atoms with Crippen LogP contribution in [0.1, 0.15) is 33.1 Å². The van der Waals surface area contributed by atoms with Gasteiger partial charge in [0.2, 0.25) is 5.91 Å². The number of aliphatic carboxylic acids is 1. The fourth-order valence-electron chi connectivity index (χ4n) is 1.95. The second-order valence-electron chi connectivity index (χ2n) is 4.19. The molecule has 1 amide bonds. The highest BCUT2D eigenvalue weighted by atomic mass is 16.4. The summed E-state index contributed by atoms with van der Waals surface area (Å²) in [4.78, 5) is 22.5. The van der Waals surface area contributed by atoms with Crippen molar-refractivity contribution in [3.05, 3.63) is 12.2 Å². The number of amides is 1. The number of carbonyl (C=O) groups is 2. The fourth-order valence-corrected chi connectivity index (χ4v) is 1.95. The van der Waals surface area contributed by atoms with Gasteiger partial charge in [-0.1, -0.05) is 26.0 Å². The Kier molecular flexibility index (Phi) is 4.52. The van der Waals surface area contributed by atoms with Gasteiger partial charge in [-0.15, -0.1) is 0 Å². The highest BCUT2D eigenvalue weighted by Crippen LogP contribution is 2.19. The van der Waals surface area contributed by atoms with Crippen LogP contribution in [0.25, 0.3) is 0 Å². The predicted molar refractivity (Wildman–Crippen MR) is 60.9 cm³/mol. The molecule has 0 saturated carbocycles. The molecule has 0 spiro atoms. The van der Waals surface area contributed by atoms with E-state index in [-0.39, 0.29) is 17.9 Å². The molecule has 0 aromatic rings. The Morgan fingerprint density at radius 2 is 2.00 bits per heavy atom. The normalized spacial score (nSPS) is 23.7. The van der Waals surface area contributed by atoms with Crippen LogP contribution in [-0.4, -0.2) is 23.0 Å². The minimum absolute atomic E-state index is 0.0330. The van der Waals surface area contributed by atoms with Crippen molar-refractivity contribution in [1.29, 1.82) is 0 Å². The molecule has 1 rings (SSSR count). The van der Waals surface area contributed by atoms with Gasteiger partial charge in [-0.25, -0.2) is 0 Å². The summed E-state index contributed by atoms with van der Waals surface area (Å²) >= 11 is 0. The summed E-state index contributed by atoms with van der Waals surface area (Å²) in [5.74, 6) is -1.20. The average Bonchev–Trinajstić information content (AvgIpc) is 2.68. The lowest BCUT2D eigenvalue weighted by atomic mass is 10.0. The van der Waals surface area contributed by atoms with Crippen LogP contribution in [0.2, 0.25) is 0 Å². The van der Waals surface area contributed by atoms with Gasteiger partial charge in [0.15, 0.2) is 0 Å². The molecule has 0 heterocycles. The Morgan fingerprint density at radius 3 is 2.44 bits per heavy atom. The molecule has 1 aliphatic rings. The van der Waals surface area contributed by atoms with E-state index in [0.717, 1.165) is 12.8 Å². The first-order chi connectivity index (χ1) is 7.58. The number of rotatable bonds is 5. The molecule has 90 valence electrons. The summed E-state index contributed by atoms with van der Waals surface area (Å²) in [6, 6.07) is -0.116. The van der Waals surface area contributed by atoms with Gasteiger partial charge in [0.1, 0.15) is 0 Å². The summed E-state index contributed by atoms with van der Waals surface area (Å²) in [6.45, 7) is 3.97. The summed E-state index contributed by atoms with van der Waals surface area (Å²) in [6.07, 6.45) is 5.54. The van der Waals surface area contributed by atoms with Crippen molar-refractivity contribution in [2.75, 3.05) is 0 Å². The molecule has 0 aliphatic heterocycles. The number of hydrogen-bond acceptors (Lipinski definition) is 2. The Hall–Kier alpha value is -1.32. The van der Waals surface area contributed by atoms with Crippen LogP contribution in [0.5, 0.6) is 0 Å². The van der Waals surface area contributed by atoms with Crippen LogP contribution < -0.4 is 5.32 Å². The molecule has 2 unspecified atom stereocenters. The van der Waals surface area contributed by atoms with Crippen molar-refractivity contribution in [1.82, 2.24) is 5.32 Å². The summed E-state index contributed by atoms with van der Waals surface area (Å²) < 4.78 is 0. The van der Waals surface area contributed by atoms with Gasteiger partial charge in [-0.05, 0) is 19.3 Å². The summed E-state index contributed by atoms with van der Waals surface area (Å²) in [5, 5.41) is 11.7. The maximum absolute atomic E-state index is 11.7. The van der Waals surface area contributed by atoms with Gasteiger partial charge in [0, 0.05) is 12.0 Å².